The number of carbonyl (C=O) groups is 4. The molecule has 4 amide bonds. The monoisotopic (exact) mass is 1100 g/mol. The number of nitrogens with zero attached hydrogens (tertiary/aromatic N) is 5. The van der Waals surface area contributed by atoms with Crippen LogP contribution in [0.4, 0.5) is 0 Å². The Labute approximate surface area is 474 Å². The molecule has 0 saturated carbocycles. The molecule has 0 aromatic heterocycles. The van der Waals surface area contributed by atoms with Gasteiger partial charge in [-0.2, -0.15) is 0 Å². The number of benzene rings is 2. The Hall–Kier alpha value is -4.68. The van der Waals surface area contributed by atoms with Crippen molar-refractivity contribution in [1.29, 1.82) is 0 Å². The van der Waals surface area contributed by atoms with Crippen LogP contribution in [0.25, 0.3) is 0 Å². The van der Waals surface area contributed by atoms with Crippen molar-refractivity contribution in [2.45, 2.75) is 162 Å². The lowest BCUT2D eigenvalue weighted by Crippen LogP contribution is -2.59. The van der Waals surface area contributed by atoms with E-state index in [1.807, 2.05) is 58.5 Å². The number of ether oxygens (including phenoxy) is 6. The molecule has 4 aliphatic heterocycles. The summed E-state index contributed by atoms with van der Waals surface area (Å²) in [4.78, 5) is 67.8. The van der Waals surface area contributed by atoms with E-state index in [9.17, 15) is 19.2 Å². The van der Waals surface area contributed by atoms with E-state index >= 15 is 0 Å². The summed E-state index contributed by atoms with van der Waals surface area (Å²) in [6, 6.07) is 7.16. The minimum Gasteiger partial charge on any atom is -0.493 e. The van der Waals surface area contributed by atoms with Crippen LogP contribution >= 0.6 is 0 Å². The van der Waals surface area contributed by atoms with E-state index in [1.54, 1.807) is 54.6 Å². The van der Waals surface area contributed by atoms with Crippen molar-refractivity contribution in [3.63, 3.8) is 0 Å². The molecule has 444 valence electrons. The number of methoxy groups -OCH3 is 6. The van der Waals surface area contributed by atoms with Gasteiger partial charge in [0.2, 0.25) is 23.6 Å². The summed E-state index contributed by atoms with van der Waals surface area (Å²) >= 11 is 0. The third-order valence-corrected chi connectivity index (χ3v) is 18.6. The summed E-state index contributed by atoms with van der Waals surface area (Å²) in [6.07, 6.45) is 6.03. The molecule has 2 aromatic rings. The molecule has 4 aliphatic rings. The maximum atomic E-state index is 14.6. The van der Waals surface area contributed by atoms with E-state index in [0.717, 1.165) is 87.6 Å². The van der Waals surface area contributed by atoms with Gasteiger partial charge in [0.25, 0.3) is 0 Å². The van der Waals surface area contributed by atoms with Gasteiger partial charge in [-0.15, -0.1) is 0 Å². The number of hydrogen-bond donors (Lipinski definition) is 2. The highest BCUT2D eigenvalue weighted by atomic mass is 16.5. The maximum absolute atomic E-state index is 14.6. The van der Waals surface area contributed by atoms with Crippen LogP contribution in [0.5, 0.6) is 23.0 Å². The molecule has 0 radical (unpaired) electrons. The number of likely N-dealkylation sites (tertiary alicyclic amines) is 1. The maximum Gasteiger partial charge on any atom is 0.245 e. The molecular formula is C62H101N7O10. The summed E-state index contributed by atoms with van der Waals surface area (Å²) in [6.45, 7) is 20.8. The van der Waals surface area contributed by atoms with Crippen LogP contribution in [0.2, 0.25) is 0 Å². The quantitative estimate of drug-likeness (QED) is 0.0910. The average molecular weight is 1100 g/mol. The topological polar surface area (TPSA) is 164 Å². The predicted molar refractivity (Wildman–Crippen MR) is 310 cm³/mol. The summed E-state index contributed by atoms with van der Waals surface area (Å²) in [7, 11) is 15.5. The van der Waals surface area contributed by atoms with Gasteiger partial charge < -0.3 is 48.9 Å². The Kier molecular flexibility index (Phi) is 23.2. The number of likely N-dealkylation sites (N-methyl/N-ethyl adjacent to an activating group) is 2. The van der Waals surface area contributed by atoms with Crippen molar-refractivity contribution < 1.29 is 47.6 Å². The molecule has 2 fully saturated rings. The second-order valence-electron chi connectivity index (χ2n) is 24.0. The zero-order chi connectivity index (χ0) is 58.0. The lowest BCUT2D eigenvalue weighted by molar-refractivity contribution is -0.148. The highest BCUT2D eigenvalue weighted by molar-refractivity contribution is 5.90. The summed E-state index contributed by atoms with van der Waals surface area (Å²) in [5.41, 5.74) is 5.21. The Balaban J connectivity index is 1.15. The van der Waals surface area contributed by atoms with Gasteiger partial charge in [0.1, 0.15) is 6.04 Å². The van der Waals surface area contributed by atoms with Gasteiger partial charge in [-0.3, -0.25) is 33.9 Å². The first kappa shape index (κ1) is 63.5. The zero-order valence-corrected chi connectivity index (χ0v) is 51.3. The normalized spacial score (nSPS) is 23.1. The van der Waals surface area contributed by atoms with Gasteiger partial charge in [0, 0.05) is 72.6 Å². The van der Waals surface area contributed by atoms with E-state index in [4.69, 9.17) is 28.4 Å². The Morgan fingerprint density at radius 1 is 0.734 bits per heavy atom. The summed E-state index contributed by atoms with van der Waals surface area (Å²) in [5.74, 6) is 2.63. The molecule has 0 unspecified atom stereocenters. The molecule has 17 nitrogen and oxygen atoms in total. The van der Waals surface area contributed by atoms with E-state index in [-0.39, 0.29) is 65.9 Å². The number of amides is 4. The van der Waals surface area contributed by atoms with Crippen LogP contribution in [0.15, 0.2) is 24.3 Å². The molecule has 2 N–H and O–H groups in total. The van der Waals surface area contributed by atoms with Gasteiger partial charge in [0.15, 0.2) is 23.0 Å². The van der Waals surface area contributed by atoms with Crippen molar-refractivity contribution in [2.75, 3.05) is 103 Å². The van der Waals surface area contributed by atoms with Crippen molar-refractivity contribution in [3.05, 3.63) is 46.5 Å². The van der Waals surface area contributed by atoms with Crippen LogP contribution in [0.1, 0.15) is 135 Å². The number of nitrogens with one attached hydrogen (secondary N) is 2. The minimum atomic E-state index is -0.766. The van der Waals surface area contributed by atoms with Crippen molar-refractivity contribution in [1.82, 2.24) is 35.1 Å². The number of rotatable bonds is 27. The fraction of sp³-hybridized carbons (Fsp3) is 0.742. The van der Waals surface area contributed by atoms with Crippen LogP contribution in [-0.2, 0) is 41.5 Å². The van der Waals surface area contributed by atoms with Crippen LogP contribution in [-0.4, -0.2) is 188 Å². The fourth-order valence-corrected chi connectivity index (χ4v) is 14.1. The molecule has 0 bridgehead atoms. The second kappa shape index (κ2) is 28.8. The lowest BCUT2D eigenvalue weighted by atomic mass is 9.72. The SMILES string of the molecule is CC[C@H]1CN2CCc3cc(OC)c(OC)cc3[C@@H]2C[C@@H]1C[C@@H]1c2cc(OC)c(OC)cc2CCN1CCNC(=O)[C@H](C)[C@@H](OC)[C@@H]1CCCN1C(=O)C[C@@H](OC)[C@H]([C@@H](C)CC)N(C)C(=O)[C@@H](NC(=O)[C@H](C(C)C)N(C)C)C(C)C. The second-order valence-corrected chi connectivity index (χ2v) is 24.0. The molecule has 2 saturated heterocycles. The molecule has 4 heterocycles. The van der Waals surface area contributed by atoms with E-state index in [2.05, 4.69) is 65.5 Å². The summed E-state index contributed by atoms with van der Waals surface area (Å²) in [5, 5.41) is 6.39. The Morgan fingerprint density at radius 3 is 1.90 bits per heavy atom. The zero-order valence-electron chi connectivity index (χ0n) is 51.3. The minimum absolute atomic E-state index is 0.0248. The summed E-state index contributed by atoms with van der Waals surface area (Å²) < 4.78 is 35.6. The largest absolute Gasteiger partial charge is 0.493 e. The van der Waals surface area contributed by atoms with Gasteiger partial charge in [-0.05, 0) is 129 Å². The first-order chi connectivity index (χ1) is 37.7. The molecule has 79 heavy (non-hydrogen) atoms. The standard InChI is InChI=1S/C62H101N7O10/c1-18-39(7)58(66(11)62(73)56(37(3)4)64-61(72)57(38(5)6)65(9)10)54(78-16)35-55(70)69-25-20-21-47(69)59(79-17)40(8)60(71)63-24-28-67-26-22-42-31-50(74-12)52(76-14)33-45(42)48(67)29-44-30-49-46-34-53(77-15)51(75-13)32-43(46)23-27-68(49)36-41(44)19-2/h31-34,37-41,44,47-49,54,56-59H,18-30,35-36H2,1-17H3,(H,63,71)(H,64,72)/t39-,40+,41-,44-,47-,48+,49-,54+,56-,57-,58-,59+/m0/s1. The molecule has 6 rings (SSSR count). The number of fused-ring (bicyclic) bond motifs is 4. The van der Waals surface area contributed by atoms with Gasteiger partial charge in [0.05, 0.1) is 71.1 Å². The van der Waals surface area contributed by atoms with E-state index in [0.29, 0.717) is 37.9 Å². The third-order valence-electron chi connectivity index (χ3n) is 18.6. The number of carbonyl (C=O) groups excluding carboxylic acids is 4. The average Bonchev–Trinajstić information content (AvgIpc) is 3.98. The first-order valence-corrected chi connectivity index (χ1v) is 29.6. The molecule has 2 aromatic carbocycles. The van der Waals surface area contributed by atoms with Crippen molar-refractivity contribution in [2.24, 2.45) is 35.5 Å². The molecular weight excluding hydrogens is 1000 g/mol. The third kappa shape index (κ3) is 14.3. The van der Waals surface area contributed by atoms with Gasteiger partial charge in [-0.1, -0.05) is 68.2 Å². The molecule has 0 spiro atoms. The van der Waals surface area contributed by atoms with Gasteiger partial charge in [-0.25, -0.2) is 0 Å². The lowest BCUT2D eigenvalue weighted by Gasteiger charge is -2.49. The number of piperidine rings is 1. The van der Waals surface area contributed by atoms with Crippen molar-refractivity contribution >= 4 is 23.6 Å². The Morgan fingerprint density at radius 2 is 1.34 bits per heavy atom. The molecule has 17 heteroatoms. The molecule has 12 atom stereocenters. The van der Waals surface area contributed by atoms with Crippen LogP contribution < -0.4 is 29.6 Å². The smallest absolute Gasteiger partial charge is 0.245 e. The van der Waals surface area contributed by atoms with Crippen LogP contribution in [0, 0.1) is 35.5 Å². The fourth-order valence-electron chi connectivity index (χ4n) is 14.1. The van der Waals surface area contributed by atoms with E-state index < -0.39 is 36.3 Å². The van der Waals surface area contributed by atoms with Gasteiger partial charge >= 0.3 is 0 Å². The van der Waals surface area contributed by atoms with Crippen molar-refractivity contribution in [3.8, 4) is 23.0 Å². The molecule has 0 aliphatic carbocycles. The van der Waals surface area contributed by atoms with E-state index in [1.165, 1.54) is 22.3 Å². The Bertz CT molecular complexity index is 2340. The number of hydrogen-bond acceptors (Lipinski definition) is 13. The highest BCUT2D eigenvalue weighted by Crippen LogP contribution is 2.49. The van der Waals surface area contributed by atoms with Crippen LogP contribution in [0.3, 0.4) is 0 Å². The first-order valence-electron chi connectivity index (χ1n) is 29.6. The predicted octanol–water partition coefficient (Wildman–Crippen LogP) is 7.42. The highest BCUT2D eigenvalue weighted by Gasteiger charge is 2.45.